The summed E-state index contributed by atoms with van der Waals surface area (Å²) in [4.78, 5) is 33.6. The fourth-order valence-electron chi connectivity index (χ4n) is 3.63. The number of phenolic OH excluding ortho intramolecular Hbond substituents is 4. The Bertz CT molecular complexity index is 1960. The van der Waals surface area contributed by atoms with Gasteiger partial charge in [0.1, 0.15) is 34.5 Å². The number of aromatic hydroxyl groups is 4. The van der Waals surface area contributed by atoms with Gasteiger partial charge in [-0.2, -0.15) is 0 Å². The van der Waals surface area contributed by atoms with Crippen LogP contribution in [0.1, 0.15) is 26.3 Å². The predicted octanol–water partition coefficient (Wildman–Crippen LogP) is 8.84. The molecule has 52 heavy (non-hydrogen) atoms. The molecule has 0 bridgehead atoms. The largest absolute Gasteiger partial charge is 0.508 e. The molecule has 0 unspecified atom stereocenters. The third-order valence-corrected chi connectivity index (χ3v) is 6.45. The maximum atomic E-state index is 11.5. The van der Waals surface area contributed by atoms with Gasteiger partial charge in [-0.25, -0.2) is 9.59 Å². The first-order valence-corrected chi connectivity index (χ1v) is 15.5. The molecule has 10 heteroatoms. The van der Waals surface area contributed by atoms with E-state index < -0.39 is 11.9 Å². The third kappa shape index (κ3) is 14.2. The Hall–Kier alpha value is -7.07. The number of hydrogen-bond acceptors (Lipinski definition) is 9. The van der Waals surface area contributed by atoms with E-state index >= 15 is 0 Å². The number of esters is 2. The summed E-state index contributed by atoms with van der Waals surface area (Å²) in [6.45, 7) is 18.9. The van der Waals surface area contributed by atoms with Gasteiger partial charge in [0, 0.05) is 33.2 Å². The van der Waals surface area contributed by atoms with Gasteiger partial charge in [-0.05, 0) is 99.1 Å². The zero-order valence-corrected chi connectivity index (χ0v) is 29.1. The van der Waals surface area contributed by atoms with E-state index in [1.807, 2.05) is 24.3 Å². The summed E-state index contributed by atoms with van der Waals surface area (Å²) in [6, 6.07) is 29.3. The molecule has 0 saturated heterocycles. The van der Waals surface area contributed by atoms with Crippen molar-refractivity contribution in [3.8, 4) is 34.5 Å². The average molecular weight is 704 g/mol. The number of nitrogens with one attached hydrogen (secondary N) is 1. The molecule has 0 saturated carbocycles. The topological polar surface area (TPSA) is 163 Å². The van der Waals surface area contributed by atoms with Crippen molar-refractivity contribution in [3.05, 3.63) is 158 Å². The fraction of sp³-hybridized carbons (Fsp3) is 0.0714. The maximum absolute atomic E-state index is 11.5. The van der Waals surface area contributed by atoms with Crippen molar-refractivity contribution in [3.63, 3.8) is 0 Å². The molecule has 0 aromatic heterocycles. The van der Waals surface area contributed by atoms with Crippen molar-refractivity contribution in [2.75, 3.05) is 5.32 Å². The van der Waals surface area contributed by atoms with Gasteiger partial charge >= 0.3 is 11.9 Å². The van der Waals surface area contributed by atoms with E-state index in [9.17, 15) is 19.5 Å². The van der Waals surface area contributed by atoms with Crippen LogP contribution in [0.15, 0.2) is 152 Å². The highest BCUT2D eigenvalue weighted by atomic mass is 16.5. The Morgan fingerprint density at radius 2 is 1.04 bits per heavy atom. The molecule has 5 N–H and O–H groups in total. The van der Waals surface area contributed by atoms with Crippen LogP contribution in [0.5, 0.6) is 34.5 Å². The van der Waals surface area contributed by atoms with Crippen LogP contribution < -0.4 is 14.8 Å². The molecule has 0 atom stereocenters. The first-order valence-electron chi connectivity index (χ1n) is 15.5. The molecule has 268 valence electrons. The molecule has 0 fully saturated rings. The highest BCUT2D eigenvalue weighted by Crippen LogP contribution is 2.32. The lowest BCUT2D eigenvalue weighted by Crippen LogP contribution is -2.11. The monoisotopic (exact) mass is 703 g/mol. The number of hydrogen-bond donors (Lipinski definition) is 5. The van der Waals surface area contributed by atoms with Crippen LogP contribution in [0.25, 0.3) is 16.8 Å². The standard InChI is InChI=1S/C14H12O3.C10H11NO2.C10H10O3.C8H8O/c1-9(2)14(16)17-13-8-7-12(15)10-5-3-4-6-11(10)13;1-7(2)10(13)11-8-3-5-9(12)6-4-8;1-7(2)10(12)13-9-5-3-8(11)4-6-9;1-2-7-3-5-8(9)6-4-7/h3-8,15H,1H2,2H3;3-6,12H,1H2,2H3,(H,11,13);3-6,11H,1H2,2H3;2-6,9H,1H2. The van der Waals surface area contributed by atoms with Gasteiger partial charge < -0.3 is 35.2 Å². The van der Waals surface area contributed by atoms with Crippen molar-refractivity contribution in [2.24, 2.45) is 0 Å². The highest BCUT2D eigenvalue weighted by Gasteiger charge is 2.10. The Balaban J connectivity index is 0.000000246. The summed E-state index contributed by atoms with van der Waals surface area (Å²) in [6.07, 6.45) is 1.74. The van der Waals surface area contributed by atoms with E-state index in [-0.39, 0.29) is 23.2 Å². The van der Waals surface area contributed by atoms with E-state index in [4.69, 9.17) is 24.8 Å². The summed E-state index contributed by atoms with van der Waals surface area (Å²) < 4.78 is 10.1. The summed E-state index contributed by atoms with van der Waals surface area (Å²) in [5, 5.41) is 40.4. The van der Waals surface area contributed by atoms with Gasteiger partial charge in [-0.15, -0.1) is 0 Å². The molecule has 5 rings (SSSR count). The number of amides is 1. The zero-order valence-electron chi connectivity index (χ0n) is 29.1. The molecule has 5 aromatic carbocycles. The van der Waals surface area contributed by atoms with Crippen LogP contribution in [0.2, 0.25) is 0 Å². The third-order valence-electron chi connectivity index (χ3n) is 6.45. The molecule has 0 radical (unpaired) electrons. The van der Waals surface area contributed by atoms with Gasteiger partial charge in [-0.1, -0.05) is 68.8 Å². The van der Waals surface area contributed by atoms with Gasteiger partial charge in [0.25, 0.3) is 5.91 Å². The number of fused-ring (bicyclic) bond motifs is 1. The van der Waals surface area contributed by atoms with Crippen molar-refractivity contribution in [1.29, 1.82) is 0 Å². The molecular weight excluding hydrogens is 662 g/mol. The van der Waals surface area contributed by atoms with E-state index in [2.05, 4.69) is 31.6 Å². The molecule has 0 aliphatic heterocycles. The van der Waals surface area contributed by atoms with Crippen LogP contribution in [0.4, 0.5) is 5.69 Å². The Morgan fingerprint density at radius 1 is 0.577 bits per heavy atom. The molecule has 0 aliphatic carbocycles. The first-order chi connectivity index (χ1) is 24.6. The summed E-state index contributed by atoms with van der Waals surface area (Å²) in [5.74, 6) is 0.425. The van der Waals surface area contributed by atoms with Gasteiger partial charge in [0.15, 0.2) is 0 Å². The first kappa shape index (κ1) is 41.1. The molecule has 0 aliphatic rings. The quantitative estimate of drug-likeness (QED) is 0.0482. The minimum atomic E-state index is -0.471. The number of rotatable bonds is 7. The normalized spacial score (nSPS) is 9.52. The van der Waals surface area contributed by atoms with E-state index in [1.54, 1.807) is 69.3 Å². The lowest BCUT2D eigenvalue weighted by atomic mass is 10.1. The van der Waals surface area contributed by atoms with E-state index in [0.717, 1.165) is 5.56 Å². The van der Waals surface area contributed by atoms with Gasteiger partial charge in [0.2, 0.25) is 0 Å². The number of carbonyl (C=O) groups excluding carboxylic acids is 3. The maximum Gasteiger partial charge on any atom is 0.338 e. The van der Waals surface area contributed by atoms with Crippen molar-refractivity contribution in [2.45, 2.75) is 20.8 Å². The highest BCUT2D eigenvalue weighted by molar-refractivity contribution is 6.02. The second kappa shape index (κ2) is 20.4. The Kier molecular flexibility index (Phi) is 16.2. The van der Waals surface area contributed by atoms with Crippen LogP contribution in [0, 0.1) is 0 Å². The lowest BCUT2D eigenvalue weighted by Gasteiger charge is -2.08. The minimum Gasteiger partial charge on any atom is -0.508 e. The molecule has 0 heterocycles. The fourth-order valence-corrected chi connectivity index (χ4v) is 3.63. The average Bonchev–Trinajstić information content (AvgIpc) is 3.12. The Morgan fingerprint density at radius 3 is 1.52 bits per heavy atom. The second-order valence-electron chi connectivity index (χ2n) is 11.0. The number of ether oxygens (including phenoxy) is 2. The van der Waals surface area contributed by atoms with Crippen LogP contribution in [-0.4, -0.2) is 38.3 Å². The molecule has 5 aromatic rings. The van der Waals surface area contributed by atoms with Crippen molar-refractivity contribution < 1.29 is 44.3 Å². The Labute approximate surface area is 302 Å². The van der Waals surface area contributed by atoms with Crippen LogP contribution in [0.3, 0.4) is 0 Å². The van der Waals surface area contributed by atoms with Gasteiger partial charge in [-0.3, -0.25) is 4.79 Å². The molecule has 10 nitrogen and oxygen atoms in total. The molecule has 1 amide bonds. The zero-order chi connectivity index (χ0) is 38.8. The van der Waals surface area contributed by atoms with Crippen LogP contribution in [-0.2, 0) is 14.4 Å². The number of anilines is 1. The van der Waals surface area contributed by atoms with Crippen molar-refractivity contribution in [1.82, 2.24) is 0 Å². The molecular formula is C42H41NO9. The van der Waals surface area contributed by atoms with Crippen LogP contribution >= 0.6 is 0 Å². The smallest absolute Gasteiger partial charge is 0.338 e. The summed E-state index contributed by atoms with van der Waals surface area (Å²) in [7, 11) is 0. The second-order valence-corrected chi connectivity index (χ2v) is 11.0. The van der Waals surface area contributed by atoms with E-state index in [1.165, 1.54) is 42.5 Å². The van der Waals surface area contributed by atoms with Gasteiger partial charge in [0.05, 0.1) is 0 Å². The number of carbonyl (C=O) groups is 3. The molecule has 0 spiro atoms. The summed E-state index contributed by atoms with van der Waals surface area (Å²) >= 11 is 0. The number of phenols is 4. The number of benzene rings is 5. The predicted molar refractivity (Wildman–Crippen MR) is 204 cm³/mol. The summed E-state index contributed by atoms with van der Waals surface area (Å²) in [5.41, 5.74) is 2.79. The minimum absolute atomic E-state index is 0.134. The van der Waals surface area contributed by atoms with Crippen molar-refractivity contribution >= 4 is 40.4 Å². The lowest BCUT2D eigenvalue weighted by molar-refractivity contribution is -0.130. The van der Waals surface area contributed by atoms with E-state index in [0.29, 0.717) is 50.4 Å². The SMILES string of the molecule is C=C(C)C(=O)Nc1ccc(O)cc1.C=C(C)C(=O)Oc1ccc(O)c2ccccc12.C=C(C)C(=O)Oc1ccc(O)cc1.C=Cc1ccc(O)cc1.